The van der Waals surface area contributed by atoms with Gasteiger partial charge in [0.1, 0.15) is 0 Å². The first-order chi connectivity index (χ1) is 7.11. The van der Waals surface area contributed by atoms with Crippen molar-refractivity contribution in [3.8, 4) is 0 Å². The van der Waals surface area contributed by atoms with E-state index in [2.05, 4.69) is 0 Å². The predicted octanol–water partition coefficient (Wildman–Crippen LogP) is 2.29. The quantitative estimate of drug-likeness (QED) is 0.803. The molecule has 0 radical (unpaired) electrons. The molecule has 2 rings (SSSR count). The number of halogens is 1. The maximum Gasteiger partial charge on any atom is 0.416 e. The molecule has 0 bridgehead atoms. The lowest BCUT2D eigenvalue weighted by Gasteiger charge is -2.01. The average Bonchev–Trinajstić information content (AvgIpc) is 2.60. The first kappa shape index (κ1) is 12.1. The maximum atomic E-state index is 10.9. The van der Waals surface area contributed by atoms with Crippen LogP contribution in [0.15, 0.2) is 30.5 Å². The zero-order valence-corrected chi connectivity index (χ0v) is 8.77. The molecule has 1 aromatic heterocycles. The molecule has 0 unspecified atom stereocenters. The molecule has 5 nitrogen and oxygen atoms in total. The Bertz CT molecular complexity index is 561. The van der Waals surface area contributed by atoms with Crippen molar-refractivity contribution in [3.63, 3.8) is 0 Å². The number of para-hydroxylation sites is 1. The molecule has 0 saturated heterocycles. The van der Waals surface area contributed by atoms with E-state index in [4.69, 9.17) is 10.2 Å². The van der Waals surface area contributed by atoms with Crippen LogP contribution >= 0.6 is 12.4 Å². The Morgan fingerprint density at radius 1 is 1.12 bits per heavy atom. The molecule has 0 spiro atoms. The Morgan fingerprint density at radius 2 is 1.81 bits per heavy atom. The topological polar surface area (TPSA) is 79.5 Å². The summed E-state index contributed by atoms with van der Waals surface area (Å²) in [5.74, 6) is -1.14. The third kappa shape index (κ3) is 1.72. The summed E-state index contributed by atoms with van der Waals surface area (Å²) in [5.41, 5.74) is 0.192. The van der Waals surface area contributed by atoms with E-state index in [0.29, 0.717) is 5.39 Å². The Kier molecular flexibility index (Phi) is 3.20. The first-order valence-electron chi connectivity index (χ1n) is 4.18. The number of carbonyl (C=O) groups is 2. The summed E-state index contributed by atoms with van der Waals surface area (Å²) in [7, 11) is 0. The number of carboxylic acids is 1. The molecule has 0 saturated carbocycles. The molecular weight excluding hydrogens is 234 g/mol. The van der Waals surface area contributed by atoms with Gasteiger partial charge in [0.2, 0.25) is 0 Å². The summed E-state index contributed by atoms with van der Waals surface area (Å²) in [6.07, 6.45) is 0.137. The minimum atomic E-state index is -1.20. The summed E-state index contributed by atoms with van der Waals surface area (Å²) >= 11 is 0. The van der Waals surface area contributed by atoms with Crippen LogP contribution in [0.5, 0.6) is 0 Å². The molecule has 0 aliphatic rings. The fraction of sp³-hybridized carbons (Fsp3) is 0. The minimum Gasteiger partial charge on any atom is -0.478 e. The van der Waals surface area contributed by atoms with Crippen LogP contribution in [0.4, 0.5) is 4.79 Å². The zero-order chi connectivity index (χ0) is 11.0. The molecule has 1 heterocycles. The van der Waals surface area contributed by atoms with E-state index in [1.165, 1.54) is 12.3 Å². The lowest BCUT2D eigenvalue weighted by Crippen LogP contribution is -2.09. The molecule has 0 aliphatic heterocycles. The normalized spacial score (nSPS) is 9.75. The Labute approximate surface area is 96.3 Å². The first-order valence-corrected chi connectivity index (χ1v) is 4.18. The van der Waals surface area contributed by atoms with Gasteiger partial charge in [-0.25, -0.2) is 9.59 Å². The summed E-state index contributed by atoms with van der Waals surface area (Å²) in [5, 5.41) is 18.3. The standard InChI is InChI=1S/C10H7NO4.ClH/c12-9(13)7-3-1-2-6-4-5-11(8(6)7)10(14)15;/h1-5H,(H,12,13)(H,14,15);1H. The minimum absolute atomic E-state index is 0. The number of benzene rings is 1. The van der Waals surface area contributed by atoms with Gasteiger partial charge >= 0.3 is 12.1 Å². The van der Waals surface area contributed by atoms with E-state index in [0.717, 1.165) is 4.57 Å². The van der Waals surface area contributed by atoms with E-state index >= 15 is 0 Å². The SMILES string of the molecule is Cl.O=C(O)c1cccc2ccn(C(=O)O)c12. The van der Waals surface area contributed by atoms with Gasteiger partial charge in [-0.05, 0) is 12.1 Å². The summed E-state index contributed by atoms with van der Waals surface area (Å²) in [6, 6.07) is 6.19. The third-order valence-electron chi connectivity index (χ3n) is 2.15. The van der Waals surface area contributed by atoms with Gasteiger partial charge in [0.15, 0.2) is 0 Å². The van der Waals surface area contributed by atoms with Gasteiger partial charge < -0.3 is 10.2 Å². The number of fused-ring (bicyclic) bond motifs is 1. The van der Waals surface area contributed by atoms with Crippen molar-refractivity contribution >= 4 is 35.4 Å². The van der Waals surface area contributed by atoms with Crippen molar-refractivity contribution < 1.29 is 19.8 Å². The van der Waals surface area contributed by atoms with Gasteiger partial charge in [0.05, 0.1) is 11.1 Å². The molecule has 6 heteroatoms. The van der Waals surface area contributed by atoms with E-state index in [1.54, 1.807) is 18.2 Å². The van der Waals surface area contributed by atoms with Gasteiger partial charge in [-0.3, -0.25) is 4.57 Å². The molecule has 2 N–H and O–H groups in total. The van der Waals surface area contributed by atoms with Crippen LogP contribution in [0.3, 0.4) is 0 Å². The van der Waals surface area contributed by atoms with E-state index in [1.807, 2.05) is 0 Å². The molecule has 0 amide bonds. The second-order valence-corrected chi connectivity index (χ2v) is 3.02. The zero-order valence-electron chi connectivity index (χ0n) is 7.95. The van der Waals surface area contributed by atoms with Crippen LogP contribution in [-0.4, -0.2) is 26.8 Å². The van der Waals surface area contributed by atoms with Crippen molar-refractivity contribution in [1.29, 1.82) is 0 Å². The van der Waals surface area contributed by atoms with Crippen LogP contribution in [0, 0.1) is 0 Å². The molecular formula is C10H8ClNO4. The summed E-state index contributed by atoms with van der Waals surface area (Å²) < 4.78 is 0.902. The highest BCUT2D eigenvalue weighted by molar-refractivity contribution is 6.04. The number of aromatic nitrogens is 1. The smallest absolute Gasteiger partial charge is 0.416 e. The van der Waals surface area contributed by atoms with Crippen LogP contribution < -0.4 is 0 Å². The second-order valence-electron chi connectivity index (χ2n) is 3.02. The van der Waals surface area contributed by atoms with E-state index < -0.39 is 12.1 Å². The summed E-state index contributed by atoms with van der Waals surface area (Å²) in [6.45, 7) is 0. The van der Waals surface area contributed by atoms with Crippen molar-refractivity contribution in [3.05, 3.63) is 36.0 Å². The van der Waals surface area contributed by atoms with Gasteiger partial charge in [0.25, 0.3) is 0 Å². The van der Waals surface area contributed by atoms with Gasteiger partial charge in [-0.2, -0.15) is 0 Å². The average molecular weight is 242 g/mol. The number of aromatic carboxylic acids is 1. The number of rotatable bonds is 1. The molecule has 0 atom stereocenters. The molecule has 0 aliphatic carbocycles. The van der Waals surface area contributed by atoms with Crippen molar-refractivity contribution in [1.82, 2.24) is 4.57 Å². The van der Waals surface area contributed by atoms with Crippen molar-refractivity contribution in [2.45, 2.75) is 0 Å². The predicted molar refractivity (Wildman–Crippen MR) is 59.6 cm³/mol. The Hall–Kier alpha value is -2.01. The van der Waals surface area contributed by atoms with Gasteiger partial charge in [-0.15, -0.1) is 12.4 Å². The molecule has 84 valence electrons. The third-order valence-corrected chi connectivity index (χ3v) is 2.15. The fourth-order valence-electron chi connectivity index (χ4n) is 1.53. The number of nitrogens with zero attached hydrogens (tertiary/aromatic N) is 1. The molecule has 1 aromatic carbocycles. The Balaban J connectivity index is 0.00000128. The lowest BCUT2D eigenvalue weighted by atomic mass is 10.1. The van der Waals surface area contributed by atoms with Gasteiger partial charge in [0, 0.05) is 11.6 Å². The van der Waals surface area contributed by atoms with E-state index in [-0.39, 0.29) is 23.5 Å². The largest absolute Gasteiger partial charge is 0.478 e. The highest BCUT2D eigenvalue weighted by Gasteiger charge is 2.14. The van der Waals surface area contributed by atoms with Crippen LogP contribution in [0.1, 0.15) is 10.4 Å². The van der Waals surface area contributed by atoms with Crippen molar-refractivity contribution in [2.75, 3.05) is 0 Å². The molecule has 2 aromatic rings. The van der Waals surface area contributed by atoms with Gasteiger partial charge in [-0.1, -0.05) is 12.1 Å². The molecule has 16 heavy (non-hydrogen) atoms. The van der Waals surface area contributed by atoms with E-state index in [9.17, 15) is 9.59 Å². The summed E-state index contributed by atoms with van der Waals surface area (Å²) in [4.78, 5) is 21.7. The fourth-order valence-corrected chi connectivity index (χ4v) is 1.53. The van der Waals surface area contributed by atoms with Crippen LogP contribution in [-0.2, 0) is 0 Å². The number of carboxylic acid groups (broad SMARTS) is 2. The Morgan fingerprint density at radius 3 is 2.38 bits per heavy atom. The van der Waals surface area contributed by atoms with Crippen LogP contribution in [0.2, 0.25) is 0 Å². The lowest BCUT2D eigenvalue weighted by molar-refractivity contribution is 0.0699. The number of hydrogen-bond acceptors (Lipinski definition) is 2. The number of hydrogen-bond donors (Lipinski definition) is 2. The van der Waals surface area contributed by atoms with Crippen molar-refractivity contribution in [2.24, 2.45) is 0 Å². The second kappa shape index (κ2) is 4.24. The molecule has 0 fully saturated rings. The highest BCUT2D eigenvalue weighted by atomic mass is 35.5. The maximum absolute atomic E-state index is 10.9. The monoisotopic (exact) mass is 241 g/mol. The van der Waals surface area contributed by atoms with Crippen LogP contribution in [0.25, 0.3) is 10.9 Å². The highest BCUT2D eigenvalue weighted by Crippen LogP contribution is 2.20.